The van der Waals surface area contributed by atoms with Crippen molar-refractivity contribution in [3.05, 3.63) is 21.2 Å². The molecule has 7 heteroatoms. The Morgan fingerprint density at radius 3 is 3.07 bits per heavy atom. The van der Waals surface area contributed by atoms with Crippen molar-refractivity contribution in [3.63, 3.8) is 0 Å². The van der Waals surface area contributed by atoms with Gasteiger partial charge in [0.15, 0.2) is 6.23 Å². The highest BCUT2D eigenvalue weighted by Crippen LogP contribution is 2.27. The highest BCUT2D eigenvalue weighted by atomic mass is 127. The lowest BCUT2D eigenvalue weighted by atomic mass is 10.2. The van der Waals surface area contributed by atoms with Crippen molar-refractivity contribution >= 4 is 34.6 Å². The minimum absolute atomic E-state index is 0.136. The number of halogens is 1. The van der Waals surface area contributed by atoms with Crippen LogP contribution in [0.3, 0.4) is 0 Å². The number of nitrogens with zero attached hydrogens (tertiary/aromatic N) is 2. The largest absolute Gasteiger partial charge is 0.479 e. The lowest BCUT2D eigenvalue weighted by molar-refractivity contribution is 0.150. The Bertz CT molecular complexity index is 424. The maximum atomic E-state index is 7.31. The number of nitrogens with two attached hydrogens (primary N) is 2. The second-order valence-electron chi connectivity index (χ2n) is 2.75. The van der Waals surface area contributed by atoms with Crippen molar-refractivity contribution in [2.45, 2.75) is 6.23 Å². The molecule has 0 amide bonds. The summed E-state index contributed by atoms with van der Waals surface area (Å²) in [5.74, 6) is -0.136. The molecule has 0 spiro atoms. The van der Waals surface area contributed by atoms with Crippen LogP contribution in [0.15, 0.2) is 6.26 Å². The first-order valence-corrected chi connectivity index (χ1v) is 4.89. The molecule has 1 aromatic rings. The van der Waals surface area contributed by atoms with Gasteiger partial charge in [-0.15, -0.1) is 0 Å². The van der Waals surface area contributed by atoms with Crippen LogP contribution in [-0.4, -0.2) is 15.7 Å². The van der Waals surface area contributed by atoms with Crippen LogP contribution in [0.4, 0.5) is 0 Å². The van der Waals surface area contributed by atoms with E-state index in [-0.39, 0.29) is 5.96 Å². The molecule has 0 saturated carbocycles. The summed E-state index contributed by atoms with van der Waals surface area (Å²) in [7, 11) is 0. The van der Waals surface area contributed by atoms with Gasteiger partial charge < -0.3 is 10.5 Å². The van der Waals surface area contributed by atoms with E-state index in [9.17, 15) is 0 Å². The molecule has 0 saturated heterocycles. The standard InChI is InChI=1S/C7H8IN5O/c8-5-4-3(1-2-14-6(4)9)13(12-5)7(10)11/h1-2,6H,9H2,(H3,10,11). The minimum atomic E-state index is -0.532. The van der Waals surface area contributed by atoms with Crippen LogP contribution in [0.25, 0.3) is 6.08 Å². The van der Waals surface area contributed by atoms with Gasteiger partial charge in [-0.25, -0.2) is 0 Å². The highest BCUT2D eigenvalue weighted by Gasteiger charge is 2.24. The second kappa shape index (κ2) is 3.24. The van der Waals surface area contributed by atoms with E-state index >= 15 is 0 Å². The van der Waals surface area contributed by atoms with E-state index in [1.54, 1.807) is 6.08 Å². The van der Waals surface area contributed by atoms with Crippen molar-refractivity contribution in [3.8, 4) is 0 Å². The van der Waals surface area contributed by atoms with Gasteiger partial charge in [0.25, 0.3) is 0 Å². The number of aromatic nitrogens is 2. The molecular formula is C7H8IN5O. The molecule has 0 radical (unpaired) electrons. The summed E-state index contributed by atoms with van der Waals surface area (Å²) in [6, 6.07) is 0. The maximum Gasteiger partial charge on any atom is 0.214 e. The van der Waals surface area contributed by atoms with Crippen LogP contribution in [0.1, 0.15) is 17.5 Å². The Morgan fingerprint density at radius 2 is 2.43 bits per heavy atom. The number of hydrogen-bond donors (Lipinski definition) is 3. The molecule has 5 N–H and O–H groups in total. The van der Waals surface area contributed by atoms with Gasteiger partial charge >= 0.3 is 0 Å². The monoisotopic (exact) mass is 305 g/mol. The third-order valence-corrected chi connectivity index (χ3v) is 2.67. The number of fused-ring (bicyclic) bond motifs is 1. The minimum Gasteiger partial charge on any atom is -0.479 e. The van der Waals surface area contributed by atoms with Crippen molar-refractivity contribution in [2.75, 3.05) is 0 Å². The highest BCUT2D eigenvalue weighted by molar-refractivity contribution is 14.1. The Morgan fingerprint density at radius 1 is 1.71 bits per heavy atom. The summed E-state index contributed by atoms with van der Waals surface area (Å²) in [6.07, 6.45) is 2.63. The Labute approximate surface area is 93.5 Å². The van der Waals surface area contributed by atoms with Gasteiger partial charge in [-0.2, -0.15) is 9.78 Å². The Hall–Kier alpha value is -1.09. The summed E-state index contributed by atoms with van der Waals surface area (Å²) in [5, 5.41) is 11.4. The van der Waals surface area contributed by atoms with E-state index in [0.717, 1.165) is 5.56 Å². The van der Waals surface area contributed by atoms with Gasteiger partial charge in [0.1, 0.15) is 3.70 Å². The second-order valence-corrected chi connectivity index (χ2v) is 3.77. The van der Waals surface area contributed by atoms with E-state index in [4.69, 9.17) is 21.6 Å². The van der Waals surface area contributed by atoms with Crippen molar-refractivity contribution in [1.82, 2.24) is 9.78 Å². The van der Waals surface area contributed by atoms with Crippen LogP contribution in [0.5, 0.6) is 0 Å². The van der Waals surface area contributed by atoms with E-state index < -0.39 is 6.23 Å². The molecule has 1 aliphatic rings. The van der Waals surface area contributed by atoms with Gasteiger partial charge in [-0.05, 0) is 28.7 Å². The van der Waals surface area contributed by atoms with Crippen molar-refractivity contribution in [2.24, 2.45) is 11.5 Å². The number of nitrogens with one attached hydrogen (secondary N) is 1. The summed E-state index contributed by atoms with van der Waals surface area (Å²) in [5.41, 5.74) is 12.6. The third-order valence-electron chi connectivity index (χ3n) is 1.88. The summed E-state index contributed by atoms with van der Waals surface area (Å²) in [6.45, 7) is 0. The predicted molar refractivity (Wildman–Crippen MR) is 59.3 cm³/mol. The molecular weight excluding hydrogens is 297 g/mol. The first-order valence-electron chi connectivity index (χ1n) is 3.81. The van der Waals surface area contributed by atoms with Gasteiger partial charge in [0.2, 0.25) is 5.96 Å². The number of nitrogen functional groups attached to an aromatic ring is 1. The van der Waals surface area contributed by atoms with Crippen LogP contribution >= 0.6 is 22.6 Å². The SMILES string of the molecule is N=C(N)n1nc(I)c2c1C=COC2N. The van der Waals surface area contributed by atoms with Crippen molar-refractivity contribution in [1.29, 1.82) is 5.41 Å². The fourth-order valence-electron chi connectivity index (χ4n) is 1.28. The number of hydrogen-bond acceptors (Lipinski definition) is 4. The number of rotatable bonds is 0. The fourth-order valence-corrected chi connectivity index (χ4v) is 2.08. The molecule has 14 heavy (non-hydrogen) atoms. The molecule has 0 aliphatic carbocycles. The smallest absolute Gasteiger partial charge is 0.214 e. The summed E-state index contributed by atoms with van der Waals surface area (Å²) >= 11 is 2.03. The zero-order valence-electron chi connectivity index (χ0n) is 7.07. The average Bonchev–Trinajstić information content (AvgIpc) is 2.45. The Kier molecular flexibility index (Phi) is 2.19. The molecule has 0 aromatic carbocycles. The zero-order valence-corrected chi connectivity index (χ0v) is 9.22. The molecule has 0 bridgehead atoms. The Balaban J connectivity index is 2.65. The van der Waals surface area contributed by atoms with Gasteiger partial charge in [-0.3, -0.25) is 11.1 Å². The van der Waals surface area contributed by atoms with Gasteiger partial charge in [0.05, 0.1) is 17.5 Å². The lowest BCUT2D eigenvalue weighted by Crippen LogP contribution is -2.24. The summed E-state index contributed by atoms with van der Waals surface area (Å²) in [4.78, 5) is 0. The molecule has 74 valence electrons. The molecule has 6 nitrogen and oxygen atoms in total. The lowest BCUT2D eigenvalue weighted by Gasteiger charge is -2.15. The quantitative estimate of drug-likeness (QED) is 0.361. The molecule has 1 aliphatic heterocycles. The van der Waals surface area contributed by atoms with E-state index in [1.165, 1.54) is 10.9 Å². The first kappa shape index (κ1) is 9.46. The number of ether oxygens (including phenoxy) is 1. The first-order chi connectivity index (χ1) is 6.61. The zero-order chi connectivity index (χ0) is 10.3. The molecule has 2 heterocycles. The molecule has 1 aromatic heterocycles. The van der Waals surface area contributed by atoms with Crippen LogP contribution in [0, 0.1) is 9.11 Å². The van der Waals surface area contributed by atoms with Gasteiger partial charge in [-0.1, -0.05) is 0 Å². The van der Waals surface area contributed by atoms with E-state index in [2.05, 4.69) is 5.10 Å². The molecule has 1 atom stereocenters. The normalized spacial score (nSPS) is 18.9. The summed E-state index contributed by atoms with van der Waals surface area (Å²) < 4.78 is 7.13. The van der Waals surface area contributed by atoms with Gasteiger partial charge in [0, 0.05) is 0 Å². The van der Waals surface area contributed by atoms with Crippen LogP contribution in [-0.2, 0) is 4.74 Å². The van der Waals surface area contributed by atoms with Crippen LogP contribution < -0.4 is 11.5 Å². The van der Waals surface area contributed by atoms with Crippen molar-refractivity contribution < 1.29 is 4.74 Å². The maximum absolute atomic E-state index is 7.31. The fraction of sp³-hybridized carbons (Fsp3) is 0.143. The molecule has 2 rings (SSSR count). The van der Waals surface area contributed by atoms with E-state index in [0.29, 0.717) is 9.39 Å². The topological polar surface area (TPSA) is 103 Å². The van der Waals surface area contributed by atoms with E-state index in [1.807, 2.05) is 22.6 Å². The average molecular weight is 305 g/mol. The third kappa shape index (κ3) is 1.28. The molecule has 1 unspecified atom stereocenters. The van der Waals surface area contributed by atoms with Crippen LogP contribution in [0.2, 0.25) is 0 Å². The predicted octanol–water partition coefficient (Wildman–Crippen LogP) is 0.187. The molecule has 0 fully saturated rings.